The second-order valence-electron chi connectivity index (χ2n) is 3.79. The number of carbonyl (C=O) groups is 1. The Morgan fingerprint density at radius 2 is 2.28 bits per heavy atom. The summed E-state index contributed by atoms with van der Waals surface area (Å²) in [6.07, 6.45) is 1.57. The lowest BCUT2D eigenvalue weighted by Crippen LogP contribution is -2.20. The minimum absolute atomic E-state index is 0.101. The highest BCUT2D eigenvalue weighted by atomic mass is 16.5. The molecule has 2 heterocycles. The molecule has 0 saturated heterocycles. The smallest absolute Gasteiger partial charge is 0.263 e. The molecule has 0 bridgehead atoms. The summed E-state index contributed by atoms with van der Waals surface area (Å²) in [5, 5.41) is 6.20. The first-order chi connectivity index (χ1) is 8.63. The first kappa shape index (κ1) is 12.1. The van der Waals surface area contributed by atoms with Gasteiger partial charge in [0.2, 0.25) is 0 Å². The van der Waals surface area contributed by atoms with E-state index >= 15 is 0 Å². The van der Waals surface area contributed by atoms with Crippen LogP contribution in [0.25, 0.3) is 0 Å². The predicted octanol–water partition coefficient (Wildman–Crippen LogP) is 1.70. The number of amides is 1. The second-order valence-corrected chi connectivity index (χ2v) is 3.79. The first-order valence-electron chi connectivity index (χ1n) is 5.42. The van der Waals surface area contributed by atoms with Gasteiger partial charge in [0.05, 0.1) is 6.20 Å². The summed E-state index contributed by atoms with van der Waals surface area (Å²) in [5.41, 5.74) is 0.893. The van der Waals surface area contributed by atoms with Crippen molar-refractivity contribution in [1.82, 2.24) is 10.1 Å². The van der Waals surface area contributed by atoms with Gasteiger partial charge in [-0.25, -0.2) is 0 Å². The van der Waals surface area contributed by atoms with Gasteiger partial charge in [0.1, 0.15) is 11.5 Å². The molecule has 1 amide bonds. The zero-order chi connectivity index (χ0) is 13.0. The molecule has 0 radical (unpaired) electrons. The van der Waals surface area contributed by atoms with Crippen molar-refractivity contribution in [2.75, 3.05) is 11.9 Å². The zero-order valence-corrected chi connectivity index (χ0v) is 10.1. The lowest BCUT2D eigenvalue weighted by atomic mass is 10.4. The average Bonchev–Trinajstić information content (AvgIpc) is 2.74. The van der Waals surface area contributed by atoms with Crippen molar-refractivity contribution in [2.24, 2.45) is 0 Å². The Morgan fingerprint density at radius 1 is 1.44 bits per heavy atom. The molecular weight excluding hydrogens is 234 g/mol. The Morgan fingerprint density at radius 3 is 2.89 bits per heavy atom. The highest BCUT2D eigenvalue weighted by Crippen LogP contribution is 2.09. The van der Waals surface area contributed by atoms with Crippen molar-refractivity contribution >= 4 is 11.7 Å². The van der Waals surface area contributed by atoms with E-state index in [0.29, 0.717) is 17.3 Å². The van der Waals surface area contributed by atoms with Gasteiger partial charge in [-0.1, -0.05) is 5.16 Å². The van der Waals surface area contributed by atoms with Crippen LogP contribution in [0.4, 0.5) is 5.82 Å². The molecular formula is C12H13N3O3. The average molecular weight is 247 g/mol. The molecule has 0 spiro atoms. The van der Waals surface area contributed by atoms with Crippen LogP contribution in [0.1, 0.15) is 11.5 Å². The highest BCUT2D eigenvalue weighted by molar-refractivity contribution is 5.90. The Kier molecular flexibility index (Phi) is 3.57. The Labute approximate surface area is 104 Å². The molecule has 2 aromatic heterocycles. The summed E-state index contributed by atoms with van der Waals surface area (Å²) in [4.78, 5) is 15.6. The van der Waals surface area contributed by atoms with Gasteiger partial charge in [-0.2, -0.15) is 0 Å². The van der Waals surface area contributed by atoms with Gasteiger partial charge in [-0.3, -0.25) is 9.78 Å². The van der Waals surface area contributed by atoms with E-state index in [-0.39, 0.29) is 12.5 Å². The summed E-state index contributed by atoms with van der Waals surface area (Å²) in [7, 11) is 0. The number of hydrogen-bond donors (Lipinski definition) is 1. The van der Waals surface area contributed by atoms with E-state index in [2.05, 4.69) is 15.5 Å². The molecule has 0 unspecified atom stereocenters. The largest absolute Gasteiger partial charge is 0.482 e. The topological polar surface area (TPSA) is 77.2 Å². The van der Waals surface area contributed by atoms with E-state index in [4.69, 9.17) is 9.26 Å². The minimum Gasteiger partial charge on any atom is -0.482 e. The molecule has 0 aliphatic carbocycles. The van der Waals surface area contributed by atoms with Crippen molar-refractivity contribution in [3.8, 4) is 5.75 Å². The van der Waals surface area contributed by atoms with Crippen molar-refractivity contribution in [1.29, 1.82) is 0 Å². The van der Waals surface area contributed by atoms with E-state index < -0.39 is 0 Å². The van der Waals surface area contributed by atoms with Crippen LogP contribution in [0.2, 0.25) is 0 Å². The molecule has 2 aromatic rings. The lowest BCUT2D eigenvalue weighted by molar-refractivity contribution is -0.118. The van der Waals surface area contributed by atoms with Gasteiger partial charge < -0.3 is 14.6 Å². The maximum absolute atomic E-state index is 11.5. The molecule has 0 aliphatic rings. The molecule has 0 fully saturated rings. The van der Waals surface area contributed by atoms with Crippen LogP contribution in [0.5, 0.6) is 5.75 Å². The molecule has 1 N–H and O–H groups in total. The normalized spacial score (nSPS) is 10.1. The van der Waals surface area contributed by atoms with Crippen LogP contribution >= 0.6 is 0 Å². The number of nitrogens with zero attached hydrogens (tertiary/aromatic N) is 2. The fraction of sp³-hybridized carbons (Fsp3) is 0.250. The van der Waals surface area contributed by atoms with Gasteiger partial charge in [0, 0.05) is 11.8 Å². The van der Waals surface area contributed by atoms with Crippen molar-refractivity contribution < 1.29 is 14.1 Å². The number of rotatable bonds is 4. The van der Waals surface area contributed by atoms with Gasteiger partial charge in [-0.15, -0.1) is 0 Å². The standard InChI is InChI=1S/C12H13N3O3/c1-8-3-4-10(6-13-8)17-7-12(16)14-11-5-9(2)18-15-11/h3-6H,7H2,1-2H3,(H,14,15,16). The minimum atomic E-state index is -0.302. The van der Waals surface area contributed by atoms with Crippen LogP contribution in [-0.4, -0.2) is 22.7 Å². The summed E-state index contributed by atoms with van der Waals surface area (Å²) in [5.74, 6) is 1.26. The quantitative estimate of drug-likeness (QED) is 0.889. The SMILES string of the molecule is Cc1ccc(OCC(=O)Nc2cc(C)on2)cn1. The van der Waals surface area contributed by atoms with E-state index in [9.17, 15) is 4.79 Å². The molecule has 0 aliphatic heterocycles. The molecule has 94 valence electrons. The van der Waals surface area contributed by atoms with Gasteiger partial charge >= 0.3 is 0 Å². The Balaban J connectivity index is 1.83. The van der Waals surface area contributed by atoms with Gasteiger partial charge in [0.25, 0.3) is 5.91 Å². The van der Waals surface area contributed by atoms with E-state index in [1.165, 1.54) is 0 Å². The summed E-state index contributed by atoms with van der Waals surface area (Å²) in [6.45, 7) is 3.52. The Hall–Kier alpha value is -2.37. The third-order valence-corrected chi connectivity index (χ3v) is 2.15. The molecule has 2 rings (SSSR count). The van der Waals surface area contributed by atoms with Crippen LogP contribution in [0.15, 0.2) is 28.9 Å². The predicted molar refractivity (Wildman–Crippen MR) is 64.3 cm³/mol. The lowest BCUT2D eigenvalue weighted by Gasteiger charge is -2.05. The monoisotopic (exact) mass is 247 g/mol. The molecule has 6 nitrogen and oxygen atoms in total. The summed E-state index contributed by atoms with van der Waals surface area (Å²) < 4.78 is 10.1. The second kappa shape index (κ2) is 5.31. The fourth-order valence-corrected chi connectivity index (χ4v) is 1.29. The first-order valence-corrected chi connectivity index (χ1v) is 5.42. The summed E-state index contributed by atoms with van der Waals surface area (Å²) >= 11 is 0. The fourth-order valence-electron chi connectivity index (χ4n) is 1.29. The number of pyridine rings is 1. The van der Waals surface area contributed by atoms with Crippen molar-refractivity contribution in [3.05, 3.63) is 35.9 Å². The number of aryl methyl sites for hydroxylation is 2. The van der Waals surface area contributed by atoms with E-state index in [1.54, 1.807) is 25.3 Å². The van der Waals surface area contributed by atoms with Crippen LogP contribution in [0.3, 0.4) is 0 Å². The van der Waals surface area contributed by atoms with Crippen LogP contribution in [-0.2, 0) is 4.79 Å². The third kappa shape index (κ3) is 3.31. The molecule has 0 saturated carbocycles. The molecule has 6 heteroatoms. The number of aromatic nitrogens is 2. The number of carbonyl (C=O) groups excluding carboxylic acids is 1. The summed E-state index contributed by atoms with van der Waals surface area (Å²) in [6, 6.07) is 5.20. The number of anilines is 1. The maximum Gasteiger partial charge on any atom is 0.263 e. The van der Waals surface area contributed by atoms with Gasteiger partial charge in [0.15, 0.2) is 12.4 Å². The highest BCUT2D eigenvalue weighted by Gasteiger charge is 2.06. The molecule has 0 atom stereocenters. The van der Waals surface area contributed by atoms with E-state index in [1.807, 2.05) is 13.0 Å². The number of nitrogens with one attached hydrogen (secondary N) is 1. The maximum atomic E-state index is 11.5. The molecule has 18 heavy (non-hydrogen) atoms. The van der Waals surface area contributed by atoms with Crippen LogP contribution in [0, 0.1) is 13.8 Å². The Bertz CT molecular complexity index is 534. The number of hydrogen-bond acceptors (Lipinski definition) is 5. The van der Waals surface area contributed by atoms with Crippen molar-refractivity contribution in [3.63, 3.8) is 0 Å². The van der Waals surface area contributed by atoms with E-state index in [0.717, 1.165) is 5.69 Å². The van der Waals surface area contributed by atoms with Gasteiger partial charge in [-0.05, 0) is 26.0 Å². The number of ether oxygens (including phenoxy) is 1. The molecule has 0 aromatic carbocycles. The zero-order valence-electron chi connectivity index (χ0n) is 10.1. The van der Waals surface area contributed by atoms with Crippen LogP contribution < -0.4 is 10.1 Å². The third-order valence-electron chi connectivity index (χ3n) is 2.15. The van der Waals surface area contributed by atoms with Crippen molar-refractivity contribution in [2.45, 2.75) is 13.8 Å².